The van der Waals surface area contributed by atoms with Gasteiger partial charge in [0, 0.05) is 32.9 Å². The van der Waals surface area contributed by atoms with Gasteiger partial charge in [0.25, 0.3) is 5.91 Å². The van der Waals surface area contributed by atoms with Crippen LogP contribution >= 0.6 is 0 Å². The molecule has 1 aliphatic rings. The Bertz CT molecular complexity index is 392. The van der Waals surface area contributed by atoms with Crippen molar-refractivity contribution in [1.29, 1.82) is 0 Å². The van der Waals surface area contributed by atoms with E-state index in [9.17, 15) is 14.4 Å². The zero-order valence-corrected chi connectivity index (χ0v) is 10.5. The summed E-state index contributed by atoms with van der Waals surface area (Å²) in [4.78, 5) is 33.3. The lowest BCUT2D eigenvalue weighted by Crippen LogP contribution is -2.39. The van der Waals surface area contributed by atoms with Crippen molar-refractivity contribution in [2.45, 2.75) is 26.2 Å². The van der Waals surface area contributed by atoms with E-state index in [1.807, 2.05) is 0 Å². The first-order valence-electron chi connectivity index (χ1n) is 5.74. The second-order valence-corrected chi connectivity index (χ2v) is 4.38. The van der Waals surface area contributed by atoms with Crippen LogP contribution in [0.1, 0.15) is 26.2 Å². The fraction of sp³-hybridized carbons (Fsp3) is 0.636. The van der Waals surface area contributed by atoms with Crippen molar-refractivity contribution in [3.8, 4) is 0 Å². The van der Waals surface area contributed by atoms with Crippen molar-refractivity contribution < 1.29 is 19.5 Å². The van der Waals surface area contributed by atoms with Crippen LogP contribution in [0, 0.1) is 5.92 Å². The van der Waals surface area contributed by atoms with Gasteiger partial charge in [-0.05, 0) is 5.92 Å². The first kappa shape index (κ1) is 14.1. The molecule has 1 atom stereocenters. The van der Waals surface area contributed by atoms with Gasteiger partial charge in [-0.2, -0.15) is 5.10 Å². The molecule has 2 N–H and O–H groups in total. The Morgan fingerprint density at radius 3 is 2.72 bits per heavy atom. The highest BCUT2D eigenvalue weighted by Crippen LogP contribution is 2.07. The van der Waals surface area contributed by atoms with Gasteiger partial charge in [-0.3, -0.25) is 14.4 Å². The maximum atomic E-state index is 11.7. The zero-order chi connectivity index (χ0) is 13.7. The molecular formula is C11H17N3O4. The molecular weight excluding hydrogens is 238 g/mol. The Morgan fingerprint density at radius 1 is 1.50 bits per heavy atom. The van der Waals surface area contributed by atoms with E-state index in [2.05, 4.69) is 10.4 Å². The minimum atomic E-state index is -0.892. The van der Waals surface area contributed by atoms with Gasteiger partial charge < -0.3 is 10.4 Å². The standard InChI is InChI=1S/C11H17N3O4/c1-7(5-10(16)17)6-12-11(18)8-3-4-9(15)14(2)13-8/h7H,3-6H2,1-2H3,(H,12,18)(H,16,17). The summed E-state index contributed by atoms with van der Waals surface area (Å²) >= 11 is 0. The number of amides is 2. The van der Waals surface area contributed by atoms with E-state index in [1.54, 1.807) is 6.92 Å². The van der Waals surface area contributed by atoms with Crippen molar-refractivity contribution in [2.24, 2.45) is 11.0 Å². The fourth-order valence-corrected chi connectivity index (χ4v) is 1.57. The third-order valence-corrected chi connectivity index (χ3v) is 2.60. The summed E-state index contributed by atoms with van der Waals surface area (Å²) in [5.41, 5.74) is 0.305. The molecule has 0 bridgehead atoms. The van der Waals surface area contributed by atoms with Crippen LogP contribution in [0.3, 0.4) is 0 Å². The predicted octanol–water partition coefficient (Wildman–Crippen LogP) is -0.178. The smallest absolute Gasteiger partial charge is 0.303 e. The molecule has 1 unspecified atom stereocenters. The topological polar surface area (TPSA) is 99.1 Å². The predicted molar refractivity (Wildman–Crippen MR) is 63.9 cm³/mol. The van der Waals surface area contributed by atoms with Crippen LogP contribution in [-0.2, 0) is 14.4 Å². The monoisotopic (exact) mass is 255 g/mol. The first-order chi connectivity index (χ1) is 8.40. The van der Waals surface area contributed by atoms with Gasteiger partial charge in [-0.25, -0.2) is 5.01 Å². The maximum Gasteiger partial charge on any atom is 0.303 e. The van der Waals surface area contributed by atoms with Crippen molar-refractivity contribution >= 4 is 23.5 Å². The number of nitrogens with zero attached hydrogens (tertiary/aromatic N) is 2. The molecule has 0 fully saturated rings. The lowest BCUT2D eigenvalue weighted by molar-refractivity contribution is -0.138. The molecule has 2 amide bonds. The molecule has 1 rings (SSSR count). The number of hydrogen-bond acceptors (Lipinski definition) is 4. The van der Waals surface area contributed by atoms with Crippen LogP contribution in [0.2, 0.25) is 0 Å². The Morgan fingerprint density at radius 2 is 2.17 bits per heavy atom. The van der Waals surface area contributed by atoms with Crippen molar-refractivity contribution in [2.75, 3.05) is 13.6 Å². The fourth-order valence-electron chi connectivity index (χ4n) is 1.57. The van der Waals surface area contributed by atoms with E-state index in [0.717, 1.165) is 5.01 Å². The van der Waals surface area contributed by atoms with Gasteiger partial charge in [-0.15, -0.1) is 0 Å². The van der Waals surface area contributed by atoms with Gasteiger partial charge in [0.2, 0.25) is 5.91 Å². The molecule has 1 aliphatic heterocycles. The summed E-state index contributed by atoms with van der Waals surface area (Å²) in [6.07, 6.45) is 0.598. The second kappa shape index (κ2) is 6.13. The molecule has 0 aromatic rings. The van der Waals surface area contributed by atoms with Crippen molar-refractivity contribution in [3.05, 3.63) is 0 Å². The highest BCUT2D eigenvalue weighted by Gasteiger charge is 2.22. The molecule has 7 heteroatoms. The quantitative estimate of drug-likeness (QED) is 0.712. The average Bonchev–Trinajstić information content (AvgIpc) is 2.28. The minimum Gasteiger partial charge on any atom is -0.481 e. The summed E-state index contributed by atoms with van der Waals surface area (Å²) in [5, 5.41) is 16.2. The molecule has 18 heavy (non-hydrogen) atoms. The molecule has 0 spiro atoms. The average molecular weight is 255 g/mol. The molecule has 1 heterocycles. The molecule has 100 valence electrons. The maximum absolute atomic E-state index is 11.7. The number of nitrogens with one attached hydrogen (secondary N) is 1. The van der Waals surface area contributed by atoms with Gasteiger partial charge in [0.15, 0.2) is 0 Å². The largest absolute Gasteiger partial charge is 0.481 e. The van der Waals surface area contributed by atoms with Gasteiger partial charge in [-0.1, -0.05) is 6.92 Å². The van der Waals surface area contributed by atoms with E-state index in [1.165, 1.54) is 7.05 Å². The highest BCUT2D eigenvalue weighted by molar-refractivity contribution is 6.39. The van der Waals surface area contributed by atoms with Crippen LogP contribution in [0.4, 0.5) is 0 Å². The summed E-state index contributed by atoms with van der Waals surface area (Å²) in [6.45, 7) is 2.02. The second-order valence-electron chi connectivity index (χ2n) is 4.38. The third kappa shape index (κ3) is 4.15. The van der Waals surface area contributed by atoms with E-state index in [0.29, 0.717) is 12.1 Å². The minimum absolute atomic E-state index is 0.00510. The van der Waals surface area contributed by atoms with Crippen LogP contribution in [0.15, 0.2) is 5.10 Å². The molecule has 0 aromatic heterocycles. The lowest BCUT2D eigenvalue weighted by atomic mass is 10.1. The summed E-state index contributed by atoms with van der Waals surface area (Å²) in [7, 11) is 1.50. The van der Waals surface area contributed by atoms with Gasteiger partial charge >= 0.3 is 5.97 Å². The van der Waals surface area contributed by atoms with E-state index >= 15 is 0 Å². The molecule has 0 radical (unpaired) electrons. The number of hydrogen-bond donors (Lipinski definition) is 2. The molecule has 7 nitrogen and oxygen atoms in total. The Balaban J connectivity index is 2.44. The Kier molecular flexibility index (Phi) is 4.82. The number of carbonyl (C=O) groups excluding carboxylic acids is 2. The normalized spacial score (nSPS) is 17.1. The van der Waals surface area contributed by atoms with Gasteiger partial charge in [0.05, 0.1) is 0 Å². The van der Waals surface area contributed by atoms with Crippen molar-refractivity contribution in [3.63, 3.8) is 0 Å². The third-order valence-electron chi connectivity index (χ3n) is 2.60. The first-order valence-corrected chi connectivity index (χ1v) is 5.74. The van der Waals surface area contributed by atoms with Gasteiger partial charge in [0.1, 0.15) is 5.71 Å². The molecule has 0 saturated heterocycles. The number of carbonyl (C=O) groups is 3. The number of carboxylic acids is 1. The number of aliphatic carboxylic acids is 1. The highest BCUT2D eigenvalue weighted by atomic mass is 16.4. The van der Waals surface area contributed by atoms with Crippen LogP contribution in [-0.4, -0.2) is 47.2 Å². The Hall–Kier alpha value is -1.92. The van der Waals surface area contributed by atoms with E-state index in [4.69, 9.17) is 5.11 Å². The molecule has 0 saturated carbocycles. The van der Waals surface area contributed by atoms with Crippen LogP contribution in [0.25, 0.3) is 0 Å². The molecule has 0 aromatic carbocycles. The molecule has 0 aliphatic carbocycles. The van der Waals surface area contributed by atoms with Crippen LogP contribution < -0.4 is 5.32 Å². The number of carboxylic acid groups (broad SMARTS) is 1. The summed E-state index contributed by atoms with van der Waals surface area (Å²) in [5.74, 6) is -1.50. The number of hydrazone groups is 1. The van der Waals surface area contributed by atoms with Crippen LogP contribution in [0.5, 0.6) is 0 Å². The lowest BCUT2D eigenvalue weighted by Gasteiger charge is -2.19. The van der Waals surface area contributed by atoms with E-state index < -0.39 is 5.97 Å². The van der Waals surface area contributed by atoms with E-state index in [-0.39, 0.29) is 37.1 Å². The summed E-state index contributed by atoms with van der Waals surface area (Å²) in [6, 6.07) is 0. The Labute approximate surface area is 105 Å². The number of rotatable bonds is 5. The SMILES string of the molecule is CC(CNC(=O)C1=NN(C)C(=O)CC1)CC(=O)O. The van der Waals surface area contributed by atoms with Crippen molar-refractivity contribution in [1.82, 2.24) is 10.3 Å². The summed E-state index contributed by atoms with van der Waals surface area (Å²) < 4.78 is 0. The zero-order valence-electron chi connectivity index (χ0n) is 10.5.